The summed E-state index contributed by atoms with van der Waals surface area (Å²) < 4.78 is 0. The fourth-order valence-electron chi connectivity index (χ4n) is 4.28. The van der Waals surface area contributed by atoms with Gasteiger partial charge >= 0.3 is 0 Å². The molecule has 0 unspecified atom stereocenters. The van der Waals surface area contributed by atoms with Crippen molar-refractivity contribution in [3.8, 4) is 0 Å². The van der Waals surface area contributed by atoms with E-state index in [-0.39, 0.29) is 16.4 Å². The van der Waals surface area contributed by atoms with Gasteiger partial charge in [-0.25, -0.2) is 0 Å². The quantitative estimate of drug-likeness (QED) is 0.0740. The van der Waals surface area contributed by atoms with Crippen LogP contribution in [-0.2, 0) is 9.59 Å². The van der Waals surface area contributed by atoms with Gasteiger partial charge in [0.25, 0.3) is 17.5 Å². The number of thiocarbonyl (C=S) groups is 1. The summed E-state index contributed by atoms with van der Waals surface area (Å²) in [5, 5.41) is 12.6. The van der Waals surface area contributed by atoms with E-state index in [1.165, 1.54) is 33.7 Å². The summed E-state index contributed by atoms with van der Waals surface area (Å²) in [5.41, 5.74) is 3.01. The van der Waals surface area contributed by atoms with Crippen molar-refractivity contribution in [3.05, 3.63) is 128 Å². The number of hydrogen-bond donors (Lipinski definition) is 0. The fraction of sp³-hybridized carbons (Fsp3) is 0.0645. The molecule has 1 aliphatic heterocycles. The normalized spacial score (nSPS) is 14.6. The van der Waals surface area contributed by atoms with E-state index in [1.807, 2.05) is 32.0 Å². The summed E-state index contributed by atoms with van der Waals surface area (Å²) in [5.74, 6) is -1.23. The molecule has 0 aromatic heterocycles. The minimum absolute atomic E-state index is 0.0206. The van der Waals surface area contributed by atoms with Gasteiger partial charge in [0.1, 0.15) is 5.57 Å². The Morgan fingerprint density at radius 1 is 0.829 bits per heavy atom. The summed E-state index contributed by atoms with van der Waals surface area (Å²) in [6, 6.07) is 25.8. The Balaban J connectivity index is 1.59. The molecule has 0 spiro atoms. The lowest BCUT2D eigenvalue weighted by Gasteiger charge is -2.36. The first kappa shape index (κ1) is 28.2. The maximum absolute atomic E-state index is 13.9. The molecule has 1 heterocycles. The Morgan fingerprint density at radius 3 is 2.12 bits per heavy atom. The van der Waals surface area contributed by atoms with E-state index in [9.17, 15) is 19.7 Å². The van der Waals surface area contributed by atoms with Crippen LogP contribution >= 0.6 is 35.6 Å². The minimum atomic E-state index is -0.617. The molecule has 204 valence electrons. The number of nitro groups is 1. The highest BCUT2D eigenvalue weighted by Crippen LogP contribution is 2.37. The van der Waals surface area contributed by atoms with Crippen molar-refractivity contribution in [2.45, 2.75) is 23.6 Å². The second-order valence-electron chi connectivity index (χ2n) is 9.27. The van der Waals surface area contributed by atoms with Crippen LogP contribution in [0.3, 0.4) is 0 Å². The van der Waals surface area contributed by atoms with Crippen LogP contribution in [0.15, 0.2) is 106 Å². The summed E-state index contributed by atoms with van der Waals surface area (Å²) in [6.07, 6.45) is 1.38. The zero-order valence-electron chi connectivity index (χ0n) is 21.9. The van der Waals surface area contributed by atoms with Gasteiger partial charge in [0, 0.05) is 16.0 Å². The fourth-order valence-corrected chi connectivity index (χ4v) is 5.68. The van der Waals surface area contributed by atoms with Gasteiger partial charge in [-0.2, -0.15) is 0 Å². The summed E-state index contributed by atoms with van der Waals surface area (Å²) >= 11 is 12.9. The first-order chi connectivity index (χ1) is 19.6. The van der Waals surface area contributed by atoms with Crippen LogP contribution in [0.25, 0.3) is 6.08 Å². The number of rotatable bonds is 6. The van der Waals surface area contributed by atoms with Crippen LogP contribution in [0.1, 0.15) is 16.7 Å². The van der Waals surface area contributed by atoms with Gasteiger partial charge in [-0.05, 0) is 103 Å². The second-order valence-corrected chi connectivity index (χ2v) is 11.2. The molecule has 7 nitrogen and oxygen atoms in total. The van der Waals surface area contributed by atoms with Crippen molar-refractivity contribution in [1.82, 2.24) is 0 Å². The topological polar surface area (TPSA) is 83.8 Å². The van der Waals surface area contributed by atoms with Gasteiger partial charge in [-0.3, -0.25) is 29.5 Å². The molecule has 0 aliphatic carbocycles. The van der Waals surface area contributed by atoms with Gasteiger partial charge in [0.2, 0.25) is 0 Å². The zero-order valence-corrected chi connectivity index (χ0v) is 24.3. The van der Waals surface area contributed by atoms with E-state index in [0.717, 1.165) is 16.0 Å². The van der Waals surface area contributed by atoms with Crippen LogP contribution in [-0.4, -0.2) is 21.9 Å². The SMILES string of the molecule is Cc1ccc(N2C(=O)C(=Cc3ccc(Sc4ccc(Cl)cc4)c([N+](=O)[O-])c3)C(=O)N(c3ccccc3)C2=S)cc1C. The predicted molar refractivity (Wildman–Crippen MR) is 167 cm³/mol. The maximum Gasteiger partial charge on any atom is 0.283 e. The van der Waals surface area contributed by atoms with Crippen molar-refractivity contribution in [3.63, 3.8) is 0 Å². The second kappa shape index (κ2) is 11.7. The Morgan fingerprint density at radius 2 is 1.49 bits per heavy atom. The molecule has 5 rings (SSSR count). The number of hydrogen-bond acceptors (Lipinski definition) is 6. The molecule has 4 aromatic carbocycles. The lowest BCUT2D eigenvalue weighted by molar-refractivity contribution is -0.387. The van der Waals surface area contributed by atoms with Crippen molar-refractivity contribution >= 4 is 75.6 Å². The average molecular weight is 600 g/mol. The van der Waals surface area contributed by atoms with Crippen LogP contribution in [0.4, 0.5) is 17.1 Å². The van der Waals surface area contributed by atoms with Crippen molar-refractivity contribution in [2.24, 2.45) is 0 Å². The molecule has 41 heavy (non-hydrogen) atoms. The highest BCUT2D eigenvalue weighted by atomic mass is 35.5. The Kier molecular flexibility index (Phi) is 8.03. The maximum atomic E-state index is 13.9. The zero-order chi connectivity index (χ0) is 29.3. The van der Waals surface area contributed by atoms with Crippen LogP contribution in [0.5, 0.6) is 0 Å². The number of nitrogens with zero attached hydrogens (tertiary/aromatic N) is 3. The third-order valence-corrected chi connectivity index (χ3v) is 8.23. The molecule has 0 bridgehead atoms. The largest absolute Gasteiger partial charge is 0.283 e. The molecule has 0 saturated carbocycles. The third kappa shape index (κ3) is 5.78. The lowest BCUT2D eigenvalue weighted by Crippen LogP contribution is -2.57. The van der Waals surface area contributed by atoms with E-state index in [4.69, 9.17) is 23.8 Å². The van der Waals surface area contributed by atoms with Gasteiger partial charge < -0.3 is 0 Å². The molecule has 10 heteroatoms. The summed E-state index contributed by atoms with van der Waals surface area (Å²) in [7, 11) is 0. The highest BCUT2D eigenvalue weighted by Gasteiger charge is 2.41. The number of aryl methyl sites for hydroxylation is 2. The van der Waals surface area contributed by atoms with Crippen LogP contribution in [0, 0.1) is 24.0 Å². The monoisotopic (exact) mass is 599 g/mol. The molecule has 1 saturated heterocycles. The van der Waals surface area contributed by atoms with Gasteiger partial charge in [-0.1, -0.05) is 53.7 Å². The van der Waals surface area contributed by atoms with E-state index < -0.39 is 16.7 Å². The van der Waals surface area contributed by atoms with Gasteiger partial charge in [0.15, 0.2) is 5.11 Å². The number of amides is 2. The van der Waals surface area contributed by atoms with Crippen molar-refractivity contribution in [1.29, 1.82) is 0 Å². The summed E-state index contributed by atoms with van der Waals surface area (Å²) in [4.78, 5) is 42.9. The Bertz CT molecular complexity index is 1740. The number of halogens is 1. The molecule has 0 radical (unpaired) electrons. The number of anilines is 2. The smallest absolute Gasteiger partial charge is 0.268 e. The number of carbonyl (C=O) groups is 2. The highest BCUT2D eigenvalue weighted by molar-refractivity contribution is 7.99. The number of nitro benzene ring substituents is 1. The Labute approximate surface area is 251 Å². The van der Waals surface area contributed by atoms with E-state index in [0.29, 0.717) is 26.9 Å². The number of benzene rings is 4. The average Bonchev–Trinajstić information content (AvgIpc) is 2.95. The number of para-hydroxylation sites is 1. The van der Waals surface area contributed by atoms with E-state index >= 15 is 0 Å². The molecule has 2 amide bonds. The van der Waals surface area contributed by atoms with Gasteiger partial charge in [-0.15, -0.1) is 0 Å². The standard InChI is InChI=1S/C31H22ClN3O4S2/c1-19-8-12-24(16-20(19)2)34-30(37)26(29(36)33(31(34)40)23-6-4-3-5-7-23)17-21-9-15-28(27(18-21)35(38)39)41-25-13-10-22(32)11-14-25/h3-18H,1-2H3. The van der Waals surface area contributed by atoms with Gasteiger partial charge in [0.05, 0.1) is 21.2 Å². The molecule has 0 N–H and O–H groups in total. The molecular formula is C31H22ClN3O4S2. The van der Waals surface area contributed by atoms with E-state index in [2.05, 4.69) is 0 Å². The van der Waals surface area contributed by atoms with Crippen LogP contribution in [0.2, 0.25) is 5.02 Å². The molecule has 1 aliphatic rings. The first-order valence-electron chi connectivity index (χ1n) is 12.4. The van der Waals surface area contributed by atoms with Crippen molar-refractivity contribution in [2.75, 3.05) is 9.80 Å². The summed E-state index contributed by atoms with van der Waals surface area (Å²) in [6.45, 7) is 3.89. The third-order valence-electron chi connectivity index (χ3n) is 6.54. The number of carbonyl (C=O) groups excluding carboxylic acids is 2. The minimum Gasteiger partial charge on any atom is -0.268 e. The molecular weight excluding hydrogens is 578 g/mol. The Hall–Kier alpha value is -4.31. The molecule has 1 fully saturated rings. The molecule has 4 aromatic rings. The van der Waals surface area contributed by atoms with E-state index in [1.54, 1.807) is 66.7 Å². The van der Waals surface area contributed by atoms with Crippen molar-refractivity contribution < 1.29 is 14.5 Å². The molecule has 0 atom stereocenters. The lowest BCUT2D eigenvalue weighted by atomic mass is 10.0. The first-order valence-corrected chi connectivity index (χ1v) is 14.0. The van der Waals surface area contributed by atoms with Crippen LogP contribution < -0.4 is 9.80 Å². The predicted octanol–water partition coefficient (Wildman–Crippen LogP) is 7.76.